The number of rotatable bonds is 2. The molecular weight excluding hydrogens is 212 g/mol. The minimum absolute atomic E-state index is 0.136. The van der Waals surface area contributed by atoms with E-state index in [4.69, 9.17) is 17.3 Å². The second-order valence-electron chi connectivity index (χ2n) is 4.25. The fraction of sp³-hybridized carbons (Fsp3) is 0.545. The number of aromatic nitrogens is 1. The molecule has 1 rings (SSSR count). The van der Waals surface area contributed by atoms with E-state index >= 15 is 0 Å². The number of nitrogens with zero attached hydrogens (tertiary/aromatic N) is 1. The van der Waals surface area contributed by atoms with Gasteiger partial charge in [0.05, 0.1) is 5.02 Å². The van der Waals surface area contributed by atoms with Gasteiger partial charge in [-0.2, -0.15) is 0 Å². The lowest BCUT2D eigenvalue weighted by atomic mass is 10.1. The molecule has 0 radical (unpaired) electrons. The van der Waals surface area contributed by atoms with Crippen LogP contribution in [0.25, 0.3) is 0 Å². The van der Waals surface area contributed by atoms with Crippen LogP contribution < -0.4 is 11.3 Å². The first kappa shape index (κ1) is 12.1. The van der Waals surface area contributed by atoms with Crippen molar-refractivity contribution < 1.29 is 0 Å². The molecule has 3 nitrogen and oxygen atoms in total. The molecule has 1 heterocycles. The maximum atomic E-state index is 11.9. The highest BCUT2D eigenvalue weighted by Gasteiger charge is 2.13. The smallest absolute Gasteiger partial charge is 0.274 e. The molecular formula is C11H17ClN2O. The lowest BCUT2D eigenvalue weighted by Gasteiger charge is -2.16. The molecule has 0 saturated heterocycles. The van der Waals surface area contributed by atoms with Crippen molar-refractivity contribution in [2.75, 3.05) is 5.73 Å². The van der Waals surface area contributed by atoms with E-state index in [0.29, 0.717) is 23.0 Å². The average molecular weight is 229 g/mol. The summed E-state index contributed by atoms with van der Waals surface area (Å²) >= 11 is 6.10. The van der Waals surface area contributed by atoms with Gasteiger partial charge in [-0.1, -0.05) is 25.4 Å². The molecule has 0 unspecified atom stereocenters. The first-order valence-electron chi connectivity index (χ1n) is 5.01. The molecule has 0 bridgehead atoms. The molecule has 0 atom stereocenters. The van der Waals surface area contributed by atoms with E-state index in [0.717, 1.165) is 5.69 Å². The third kappa shape index (κ3) is 2.17. The monoisotopic (exact) mass is 228 g/mol. The Bertz CT molecular complexity index is 435. The Morgan fingerprint density at radius 1 is 1.40 bits per heavy atom. The van der Waals surface area contributed by atoms with Gasteiger partial charge >= 0.3 is 0 Å². The molecule has 0 amide bonds. The van der Waals surface area contributed by atoms with Crippen molar-refractivity contribution in [3.05, 3.63) is 26.6 Å². The van der Waals surface area contributed by atoms with Gasteiger partial charge in [0, 0.05) is 12.2 Å². The van der Waals surface area contributed by atoms with Crippen LogP contribution in [-0.2, 0) is 6.54 Å². The van der Waals surface area contributed by atoms with Crippen LogP contribution in [0.1, 0.15) is 25.1 Å². The lowest BCUT2D eigenvalue weighted by Crippen LogP contribution is -2.28. The van der Waals surface area contributed by atoms with Crippen LogP contribution in [0.5, 0.6) is 0 Å². The summed E-state index contributed by atoms with van der Waals surface area (Å²) in [6.07, 6.45) is 0. The van der Waals surface area contributed by atoms with Crippen LogP contribution in [-0.4, -0.2) is 4.57 Å². The number of hydrogen-bond acceptors (Lipinski definition) is 2. The minimum atomic E-state index is -0.136. The molecule has 0 aliphatic heterocycles. The topological polar surface area (TPSA) is 48.0 Å². The molecule has 4 heteroatoms. The number of pyridine rings is 1. The zero-order valence-electron chi connectivity index (χ0n) is 9.60. The molecule has 0 aliphatic carbocycles. The van der Waals surface area contributed by atoms with Crippen molar-refractivity contribution in [1.82, 2.24) is 4.57 Å². The Balaban J connectivity index is 3.46. The van der Waals surface area contributed by atoms with Crippen LogP contribution in [0.3, 0.4) is 0 Å². The Morgan fingerprint density at radius 3 is 2.40 bits per heavy atom. The van der Waals surface area contributed by atoms with Gasteiger partial charge in [-0.05, 0) is 25.3 Å². The fourth-order valence-electron chi connectivity index (χ4n) is 1.55. The van der Waals surface area contributed by atoms with Crippen molar-refractivity contribution >= 4 is 17.3 Å². The van der Waals surface area contributed by atoms with Gasteiger partial charge < -0.3 is 10.3 Å². The van der Waals surface area contributed by atoms with Gasteiger partial charge in [-0.25, -0.2) is 0 Å². The number of hydrogen-bond donors (Lipinski definition) is 1. The van der Waals surface area contributed by atoms with Crippen molar-refractivity contribution in [2.45, 2.75) is 34.2 Å². The summed E-state index contributed by atoms with van der Waals surface area (Å²) < 4.78 is 1.65. The maximum absolute atomic E-state index is 11.9. The van der Waals surface area contributed by atoms with Crippen molar-refractivity contribution in [3.63, 3.8) is 0 Å². The van der Waals surface area contributed by atoms with E-state index in [2.05, 4.69) is 13.8 Å². The van der Waals surface area contributed by atoms with E-state index in [9.17, 15) is 4.79 Å². The Kier molecular flexibility index (Phi) is 3.45. The van der Waals surface area contributed by atoms with Gasteiger partial charge in [0.25, 0.3) is 5.56 Å². The molecule has 1 aromatic heterocycles. The van der Waals surface area contributed by atoms with Crippen LogP contribution in [0.2, 0.25) is 5.02 Å². The molecule has 84 valence electrons. The van der Waals surface area contributed by atoms with E-state index in [1.54, 1.807) is 11.5 Å². The zero-order valence-corrected chi connectivity index (χ0v) is 10.4. The highest BCUT2D eigenvalue weighted by molar-refractivity contribution is 6.32. The van der Waals surface area contributed by atoms with E-state index < -0.39 is 0 Å². The molecule has 0 aliphatic rings. The summed E-state index contributed by atoms with van der Waals surface area (Å²) in [5.74, 6) is 0.388. The van der Waals surface area contributed by atoms with Gasteiger partial charge in [-0.3, -0.25) is 4.79 Å². The van der Waals surface area contributed by atoms with E-state index in [1.165, 1.54) is 0 Å². The SMILES string of the molecule is Cc1c(Cl)c(C)n(CC(C)C)c(=O)c1N. The van der Waals surface area contributed by atoms with E-state index in [1.807, 2.05) is 6.92 Å². The van der Waals surface area contributed by atoms with Crippen molar-refractivity contribution in [1.29, 1.82) is 0 Å². The third-order valence-corrected chi connectivity index (χ3v) is 3.04. The molecule has 1 aromatic rings. The number of halogens is 1. The lowest BCUT2D eigenvalue weighted by molar-refractivity contribution is 0.503. The molecule has 0 aromatic carbocycles. The van der Waals surface area contributed by atoms with Gasteiger partial charge in [0.2, 0.25) is 0 Å². The second-order valence-corrected chi connectivity index (χ2v) is 4.63. The fourth-order valence-corrected chi connectivity index (χ4v) is 1.76. The quantitative estimate of drug-likeness (QED) is 0.845. The molecule has 0 saturated carbocycles. The first-order valence-corrected chi connectivity index (χ1v) is 5.39. The molecule has 15 heavy (non-hydrogen) atoms. The predicted molar refractivity (Wildman–Crippen MR) is 64.4 cm³/mol. The molecule has 2 N–H and O–H groups in total. The van der Waals surface area contributed by atoms with Crippen LogP contribution in [0.4, 0.5) is 5.69 Å². The van der Waals surface area contributed by atoms with Gasteiger partial charge in [0.15, 0.2) is 0 Å². The van der Waals surface area contributed by atoms with Gasteiger partial charge in [0.1, 0.15) is 5.69 Å². The summed E-state index contributed by atoms with van der Waals surface area (Å²) in [5, 5.41) is 0.591. The predicted octanol–water partition coefficient (Wildman–Crippen LogP) is 2.36. The van der Waals surface area contributed by atoms with Crippen LogP contribution in [0.15, 0.2) is 4.79 Å². The Labute approximate surface area is 94.9 Å². The largest absolute Gasteiger partial charge is 0.394 e. The Morgan fingerprint density at radius 2 is 1.93 bits per heavy atom. The highest BCUT2D eigenvalue weighted by Crippen LogP contribution is 2.22. The van der Waals surface area contributed by atoms with Crippen LogP contribution in [0, 0.1) is 19.8 Å². The molecule has 0 spiro atoms. The van der Waals surface area contributed by atoms with Crippen molar-refractivity contribution in [2.24, 2.45) is 5.92 Å². The normalized spacial score (nSPS) is 11.1. The molecule has 0 fully saturated rings. The summed E-state index contributed by atoms with van der Waals surface area (Å²) in [4.78, 5) is 11.9. The van der Waals surface area contributed by atoms with E-state index in [-0.39, 0.29) is 11.2 Å². The summed E-state index contributed by atoms with van der Waals surface area (Å²) in [6.45, 7) is 8.37. The number of nitrogens with two attached hydrogens (primary N) is 1. The van der Waals surface area contributed by atoms with Crippen molar-refractivity contribution in [3.8, 4) is 0 Å². The highest BCUT2D eigenvalue weighted by atomic mass is 35.5. The average Bonchev–Trinajstić information content (AvgIpc) is 2.18. The minimum Gasteiger partial charge on any atom is -0.394 e. The zero-order chi connectivity index (χ0) is 11.7. The number of anilines is 1. The summed E-state index contributed by atoms with van der Waals surface area (Å²) in [6, 6.07) is 0. The third-order valence-electron chi connectivity index (χ3n) is 2.48. The summed E-state index contributed by atoms with van der Waals surface area (Å²) in [7, 11) is 0. The Hall–Kier alpha value is -0.960. The summed E-state index contributed by atoms with van der Waals surface area (Å²) in [5.41, 5.74) is 7.30. The number of nitrogen functional groups attached to an aromatic ring is 1. The van der Waals surface area contributed by atoms with Crippen LogP contribution >= 0.6 is 11.6 Å². The maximum Gasteiger partial charge on any atom is 0.274 e. The second kappa shape index (κ2) is 4.27. The standard InChI is InChI=1S/C11H17ClN2O/c1-6(2)5-14-8(4)9(12)7(3)10(13)11(14)15/h6H,5,13H2,1-4H3. The first-order chi connectivity index (χ1) is 6.86. The van der Waals surface area contributed by atoms with Gasteiger partial charge in [-0.15, -0.1) is 0 Å².